The third kappa shape index (κ3) is 3.95. The molecule has 4 heterocycles. The molecule has 2 bridgehead atoms. The molecule has 1 saturated heterocycles. The molecule has 6 rings (SSSR count). The molecule has 2 fully saturated rings. The highest BCUT2D eigenvalue weighted by molar-refractivity contribution is 7.85. The van der Waals surface area contributed by atoms with Gasteiger partial charge in [-0.25, -0.2) is 4.98 Å². The van der Waals surface area contributed by atoms with Gasteiger partial charge in [0, 0.05) is 16.8 Å². The highest BCUT2D eigenvalue weighted by atomic mass is 35.5. The first-order valence-corrected chi connectivity index (χ1v) is 14.2. The second-order valence-electron chi connectivity index (χ2n) is 10.2. The Morgan fingerprint density at radius 1 is 1.15 bits per heavy atom. The lowest BCUT2D eigenvalue weighted by atomic mass is 9.77. The van der Waals surface area contributed by atoms with E-state index in [4.69, 9.17) is 21.6 Å². The monoisotopic (exact) mass is 498 g/mol. The number of halogens is 1. The third-order valence-electron chi connectivity index (χ3n) is 7.98. The average molecular weight is 499 g/mol. The molecule has 2 aromatic rings. The number of anilines is 2. The standard InChI is InChI=1S/C26H31ClN4O2S/c27-19-7-5-17(6-8-19)18-14-20-9-10-21(15-18)31(20)25-28-22-4-1-2-13-34(33)23(22)24(29-25)30-26(16-32)11-3-12-26/h5-8,14,20-21,32H,1-4,9-13,15-16H2,(H,28,29,30)/t20?,21?,34-/m0/s1. The summed E-state index contributed by atoms with van der Waals surface area (Å²) < 4.78 is 13.2. The van der Waals surface area contributed by atoms with Gasteiger partial charge in [-0.2, -0.15) is 4.98 Å². The molecule has 3 atom stereocenters. The fraction of sp³-hybridized carbons (Fsp3) is 0.538. The van der Waals surface area contributed by atoms with E-state index in [9.17, 15) is 9.32 Å². The van der Waals surface area contributed by atoms with E-state index < -0.39 is 10.8 Å². The third-order valence-corrected chi connectivity index (χ3v) is 9.78. The minimum Gasteiger partial charge on any atom is -0.394 e. The van der Waals surface area contributed by atoms with Crippen LogP contribution in [0.2, 0.25) is 5.02 Å². The first kappa shape index (κ1) is 22.5. The van der Waals surface area contributed by atoms with Crippen LogP contribution in [-0.4, -0.2) is 49.3 Å². The number of aliphatic hydroxyl groups excluding tert-OH is 1. The molecular weight excluding hydrogens is 468 g/mol. The summed E-state index contributed by atoms with van der Waals surface area (Å²) in [5.41, 5.74) is 3.17. The fourth-order valence-electron chi connectivity index (χ4n) is 5.92. The number of nitrogens with zero attached hydrogens (tertiary/aromatic N) is 3. The van der Waals surface area contributed by atoms with Crippen LogP contribution in [0.1, 0.15) is 62.6 Å². The minimum absolute atomic E-state index is 0.0654. The van der Waals surface area contributed by atoms with Crippen LogP contribution in [0.25, 0.3) is 5.57 Å². The Morgan fingerprint density at radius 3 is 2.68 bits per heavy atom. The van der Waals surface area contributed by atoms with E-state index in [1.54, 1.807) is 0 Å². The second-order valence-corrected chi connectivity index (χ2v) is 12.1. The smallest absolute Gasteiger partial charge is 0.228 e. The van der Waals surface area contributed by atoms with E-state index in [-0.39, 0.29) is 18.2 Å². The molecule has 0 spiro atoms. The lowest BCUT2D eigenvalue weighted by molar-refractivity contribution is 0.143. The van der Waals surface area contributed by atoms with Crippen LogP contribution >= 0.6 is 11.6 Å². The zero-order valence-corrected chi connectivity index (χ0v) is 20.9. The van der Waals surface area contributed by atoms with Crippen LogP contribution in [0.15, 0.2) is 35.2 Å². The largest absolute Gasteiger partial charge is 0.394 e. The lowest BCUT2D eigenvalue weighted by Gasteiger charge is -2.42. The van der Waals surface area contributed by atoms with Gasteiger partial charge in [-0.15, -0.1) is 0 Å². The van der Waals surface area contributed by atoms with E-state index in [2.05, 4.69) is 28.4 Å². The number of aromatic nitrogens is 2. The summed E-state index contributed by atoms with van der Waals surface area (Å²) in [5, 5.41) is 14.4. The van der Waals surface area contributed by atoms with Gasteiger partial charge in [-0.1, -0.05) is 29.8 Å². The van der Waals surface area contributed by atoms with E-state index in [1.165, 1.54) is 11.1 Å². The maximum atomic E-state index is 13.2. The molecule has 4 aliphatic rings. The molecule has 6 nitrogen and oxygen atoms in total. The first-order valence-electron chi connectivity index (χ1n) is 12.5. The summed E-state index contributed by atoms with van der Waals surface area (Å²) in [6.07, 6.45) is 11.2. The molecule has 3 aliphatic heterocycles. The van der Waals surface area contributed by atoms with Crippen molar-refractivity contribution in [2.75, 3.05) is 22.6 Å². The second kappa shape index (κ2) is 8.92. The molecule has 1 saturated carbocycles. The quantitative estimate of drug-likeness (QED) is 0.620. The van der Waals surface area contributed by atoms with Crippen molar-refractivity contribution in [3.8, 4) is 0 Å². The van der Waals surface area contributed by atoms with Crippen molar-refractivity contribution in [3.63, 3.8) is 0 Å². The van der Waals surface area contributed by atoms with Crippen molar-refractivity contribution in [2.24, 2.45) is 0 Å². The number of hydrogen-bond donors (Lipinski definition) is 2. The van der Waals surface area contributed by atoms with E-state index >= 15 is 0 Å². The van der Waals surface area contributed by atoms with Crippen LogP contribution in [0.4, 0.5) is 11.8 Å². The molecule has 180 valence electrons. The van der Waals surface area contributed by atoms with Gasteiger partial charge in [-0.3, -0.25) is 4.21 Å². The fourth-order valence-corrected chi connectivity index (χ4v) is 7.44. The van der Waals surface area contributed by atoms with Crippen LogP contribution < -0.4 is 10.2 Å². The van der Waals surface area contributed by atoms with Gasteiger partial charge in [0.05, 0.1) is 34.7 Å². The van der Waals surface area contributed by atoms with E-state index in [0.717, 1.165) is 79.3 Å². The van der Waals surface area contributed by atoms with Gasteiger partial charge < -0.3 is 15.3 Å². The van der Waals surface area contributed by atoms with Crippen molar-refractivity contribution in [1.82, 2.24) is 9.97 Å². The van der Waals surface area contributed by atoms with Crippen molar-refractivity contribution < 1.29 is 9.32 Å². The number of hydrogen-bond acceptors (Lipinski definition) is 6. The topological polar surface area (TPSA) is 78.4 Å². The van der Waals surface area contributed by atoms with Crippen LogP contribution in [0, 0.1) is 0 Å². The lowest BCUT2D eigenvalue weighted by Crippen LogP contribution is -2.49. The van der Waals surface area contributed by atoms with Crippen molar-refractivity contribution in [2.45, 2.75) is 80.3 Å². The van der Waals surface area contributed by atoms with Crippen LogP contribution in [0.3, 0.4) is 0 Å². The Balaban J connectivity index is 1.38. The highest BCUT2D eigenvalue weighted by Gasteiger charge is 2.41. The van der Waals surface area contributed by atoms with Crippen molar-refractivity contribution >= 4 is 39.7 Å². The average Bonchev–Trinajstić information content (AvgIpc) is 2.96. The molecule has 0 radical (unpaired) electrons. The number of benzene rings is 1. The summed E-state index contributed by atoms with van der Waals surface area (Å²) in [6, 6.07) is 8.72. The molecule has 8 heteroatoms. The summed E-state index contributed by atoms with van der Waals surface area (Å²) in [4.78, 5) is 13.2. The van der Waals surface area contributed by atoms with Crippen LogP contribution in [0.5, 0.6) is 0 Å². The zero-order valence-electron chi connectivity index (χ0n) is 19.3. The van der Waals surface area contributed by atoms with Gasteiger partial charge >= 0.3 is 0 Å². The predicted molar refractivity (Wildman–Crippen MR) is 137 cm³/mol. The van der Waals surface area contributed by atoms with Crippen molar-refractivity contribution in [3.05, 3.63) is 46.6 Å². The Bertz CT molecular complexity index is 1140. The molecule has 1 aromatic heterocycles. The number of aliphatic hydroxyl groups is 1. The van der Waals surface area contributed by atoms with Gasteiger partial charge in [0.25, 0.3) is 0 Å². The minimum atomic E-state index is -1.12. The first-order chi connectivity index (χ1) is 16.5. The van der Waals surface area contributed by atoms with E-state index in [1.807, 2.05) is 12.1 Å². The molecule has 0 amide bonds. The predicted octanol–water partition coefficient (Wildman–Crippen LogP) is 4.73. The number of aryl methyl sites for hydroxylation is 1. The normalized spacial score (nSPS) is 27.4. The Hall–Kier alpha value is -1.96. The van der Waals surface area contributed by atoms with Crippen LogP contribution in [-0.2, 0) is 17.2 Å². The highest BCUT2D eigenvalue weighted by Crippen LogP contribution is 2.43. The van der Waals surface area contributed by atoms with Crippen molar-refractivity contribution in [1.29, 1.82) is 0 Å². The molecule has 1 aromatic carbocycles. The summed E-state index contributed by atoms with van der Waals surface area (Å²) in [5.74, 6) is 2.07. The van der Waals surface area contributed by atoms with Gasteiger partial charge in [0.2, 0.25) is 5.95 Å². The zero-order chi connectivity index (χ0) is 23.3. The number of nitrogens with one attached hydrogen (secondary N) is 1. The maximum absolute atomic E-state index is 13.2. The summed E-state index contributed by atoms with van der Waals surface area (Å²) in [7, 11) is -1.12. The summed E-state index contributed by atoms with van der Waals surface area (Å²) in [6.45, 7) is 0.0654. The van der Waals surface area contributed by atoms with Gasteiger partial charge in [0.1, 0.15) is 10.7 Å². The molecule has 1 aliphatic carbocycles. The maximum Gasteiger partial charge on any atom is 0.228 e. The van der Waals surface area contributed by atoms with E-state index in [0.29, 0.717) is 17.6 Å². The number of fused-ring (bicyclic) bond motifs is 3. The molecule has 2 N–H and O–H groups in total. The number of rotatable bonds is 5. The summed E-state index contributed by atoms with van der Waals surface area (Å²) >= 11 is 6.10. The molecule has 34 heavy (non-hydrogen) atoms. The Morgan fingerprint density at radius 2 is 1.97 bits per heavy atom. The Kier molecular flexibility index (Phi) is 5.90. The molecular formula is C26H31ClN4O2S. The van der Waals surface area contributed by atoms with Gasteiger partial charge in [0.15, 0.2) is 0 Å². The Labute approximate surface area is 208 Å². The van der Waals surface area contributed by atoms with Gasteiger partial charge in [-0.05, 0) is 81.1 Å². The SMILES string of the molecule is O=[S@]1CCCCc2nc(N3C4C=C(c5ccc(Cl)cc5)CC3CC4)nc(NC3(CO)CCC3)c21. The molecule has 2 unspecified atom stereocenters.